The number of nitrogens with zero attached hydrogens (tertiary/aromatic N) is 1. The molecule has 134 valence electrons. The van der Waals surface area contributed by atoms with Crippen LogP contribution >= 0.6 is 11.6 Å². The van der Waals surface area contributed by atoms with E-state index in [0.717, 1.165) is 37.5 Å². The third-order valence-corrected chi connectivity index (χ3v) is 6.92. The molecule has 0 radical (unpaired) electrons. The Hall–Kier alpha value is -0.620. The summed E-state index contributed by atoms with van der Waals surface area (Å²) in [5.74, 6) is 0.480. The van der Waals surface area contributed by atoms with Crippen molar-refractivity contribution in [3.63, 3.8) is 0 Å². The monoisotopic (exact) mass is 370 g/mol. The average Bonchev–Trinajstić information content (AvgIpc) is 3.10. The second-order valence-corrected chi connectivity index (χ2v) is 9.39. The van der Waals surface area contributed by atoms with Gasteiger partial charge in [-0.2, -0.15) is 0 Å². The van der Waals surface area contributed by atoms with Gasteiger partial charge in [0.05, 0.1) is 5.75 Å². The van der Waals surface area contributed by atoms with Crippen LogP contribution in [-0.4, -0.2) is 39.0 Å². The van der Waals surface area contributed by atoms with E-state index >= 15 is 0 Å². The van der Waals surface area contributed by atoms with Gasteiger partial charge in [0.15, 0.2) is 0 Å². The van der Waals surface area contributed by atoms with Gasteiger partial charge >= 0.3 is 0 Å². The molecule has 1 N–H and O–H groups in total. The predicted molar refractivity (Wildman–Crippen MR) is 98.6 cm³/mol. The summed E-state index contributed by atoms with van der Waals surface area (Å²) >= 11 is 5.84. The average molecular weight is 371 g/mol. The lowest BCUT2D eigenvalue weighted by molar-refractivity contribution is 0.135. The molecule has 0 aromatic heterocycles. The van der Waals surface area contributed by atoms with E-state index < -0.39 is 10.0 Å². The summed E-state index contributed by atoms with van der Waals surface area (Å²) in [6.45, 7) is 2.80. The third-order valence-electron chi connectivity index (χ3n) is 5.35. The van der Waals surface area contributed by atoms with E-state index in [1.807, 2.05) is 0 Å². The summed E-state index contributed by atoms with van der Waals surface area (Å²) in [7, 11) is -3.28. The molecule has 2 fully saturated rings. The Balaban J connectivity index is 1.42. The van der Waals surface area contributed by atoms with Gasteiger partial charge in [-0.1, -0.05) is 36.6 Å². The number of nitrogens with one attached hydrogen (secondary N) is 1. The van der Waals surface area contributed by atoms with Crippen molar-refractivity contribution < 1.29 is 8.42 Å². The van der Waals surface area contributed by atoms with Crippen LogP contribution in [-0.2, 0) is 15.8 Å². The number of likely N-dealkylation sites (tertiary alicyclic amines) is 1. The standard InChI is InChI=1S/C18H27ClN2O2S/c19-17-7-5-16(6-8-17)14-24(22,23)20-13-15-9-11-21(12-10-15)18-3-1-2-4-18/h5-8,15,18,20H,1-4,9-14H2. The van der Waals surface area contributed by atoms with Gasteiger partial charge in [0.25, 0.3) is 0 Å². The van der Waals surface area contributed by atoms with Crippen LogP contribution in [0.3, 0.4) is 0 Å². The van der Waals surface area contributed by atoms with E-state index in [2.05, 4.69) is 9.62 Å². The Labute approximate surface area is 150 Å². The SMILES string of the molecule is O=S(=O)(Cc1ccc(Cl)cc1)NCC1CCN(C2CCCC2)CC1. The van der Waals surface area contributed by atoms with Crippen LogP contribution in [0.1, 0.15) is 44.1 Å². The first-order chi connectivity index (χ1) is 11.5. The zero-order chi connectivity index (χ0) is 17.0. The van der Waals surface area contributed by atoms with Crippen molar-refractivity contribution in [2.24, 2.45) is 5.92 Å². The van der Waals surface area contributed by atoms with Crippen molar-refractivity contribution in [1.29, 1.82) is 0 Å². The Morgan fingerprint density at radius 1 is 1.04 bits per heavy atom. The highest BCUT2D eigenvalue weighted by molar-refractivity contribution is 7.88. The smallest absolute Gasteiger partial charge is 0.215 e. The molecule has 24 heavy (non-hydrogen) atoms. The van der Waals surface area contributed by atoms with Gasteiger partial charge in [0.1, 0.15) is 0 Å². The minimum atomic E-state index is -3.28. The van der Waals surface area contributed by atoms with Crippen LogP contribution < -0.4 is 4.72 Å². The van der Waals surface area contributed by atoms with Gasteiger partial charge in [-0.05, 0) is 62.4 Å². The van der Waals surface area contributed by atoms with Gasteiger partial charge in [-0.25, -0.2) is 13.1 Å². The van der Waals surface area contributed by atoms with Crippen molar-refractivity contribution in [2.45, 2.75) is 50.3 Å². The van der Waals surface area contributed by atoms with Crippen LogP contribution in [0.25, 0.3) is 0 Å². The second kappa shape index (κ2) is 8.17. The second-order valence-electron chi connectivity index (χ2n) is 7.15. The van der Waals surface area contributed by atoms with Crippen molar-refractivity contribution in [3.05, 3.63) is 34.9 Å². The maximum Gasteiger partial charge on any atom is 0.215 e. The molecule has 1 aliphatic heterocycles. The fraction of sp³-hybridized carbons (Fsp3) is 0.667. The fourth-order valence-corrected chi connectivity index (χ4v) is 5.24. The molecule has 0 spiro atoms. The maximum atomic E-state index is 12.2. The van der Waals surface area contributed by atoms with Gasteiger partial charge in [0, 0.05) is 17.6 Å². The van der Waals surface area contributed by atoms with Crippen LogP contribution in [0, 0.1) is 5.92 Å². The van der Waals surface area contributed by atoms with Crippen LogP contribution in [0.2, 0.25) is 5.02 Å². The van der Waals surface area contributed by atoms with E-state index in [-0.39, 0.29) is 5.75 Å². The molecule has 1 heterocycles. The number of rotatable bonds is 6. The molecule has 0 unspecified atom stereocenters. The number of piperidine rings is 1. The Morgan fingerprint density at radius 3 is 2.29 bits per heavy atom. The van der Waals surface area contributed by atoms with Crippen molar-refractivity contribution in [3.8, 4) is 0 Å². The quantitative estimate of drug-likeness (QED) is 0.834. The minimum Gasteiger partial charge on any atom is -0.300 e. The molecule has 0 bridgehead atoms. The summed E-state index contributed by atoms with van der Waals surface area (Å²) in [6.07, 6.45) is 7.63. The predicted octanol–water partition coefficient (Wildman–Crippen LogP) is 3.41. The minimum absolute atomic E-state index is 0.0189. The first-order valence-electron chi connectivity index (χ1n) is 8.98. The van der Waals surface area contributed by atoms with E-state index in [0.29, 0.717) is 17.5 Å². The molecule has 3 rings (SSSR count). The highest BCUT2D eigenvalue weighted by atomic mass is 35.5. The highest BCUT2D eigenvalue weighted by Gasteiger charge is 2.27. The third kappa shape index (κ3) is 5.19. The van der Waals surface area contributed by atoms with Crippen molar-refractivity contribution >= 4 is 21.6 Å². The van der Waals surface area contributed by atoms with Gasteiger partial charge in [-0.3, -0.25) is 0 Å². The molecule has 0 amide bonds. The number of halogens is 1. The highest BCUT2D eigenvalue weighted by Crippen LogP contribution is 2.27. The van der Waals surface area contributed by atoms with Crippen LogP contribution in [0.5, 0.6) is 0 Å². The molecule has 4 nitrogen and oxygen atoms in total. The molecule has 2 aliphatic rings. The molecular weight excluding hydrogens is 344 g/mol. The summed E-state index contributed by atoms with van der Waals surface area (Å²) in [5, 5.41) is 0.623. The van der Waals surface area contributed by atoms with Crippen molar-refractivity contribution in [1.82, 2.24) is 9.62 Å². The zero-order valence-electron chi connectivity index (χ0n) is 14.1. The number of benzene rings is 1. The Morgan fingerprint density at radius 2 is 1.67 bits per heavy atom. The molecule has 1 aromatic rings. The summed E-state index contributed by atoms with van der Waals surface area (Å²) in [5.41, 5.74) is 0.767. The lowest BCUT2D eigenvalue weighted by atomic mass is 9.96. The fourth-order valence-electron chi connectivity index (χ4n) is 3.89. The summed E-state index contributed by atoms with van der Waals surface area (Å²) in [6, 6.07) is 7.77. The summed E-state index contributed by atoms with van der Waals surface area (Å²) in [4.78, 5) is 2.62. The van der Waals surface area contributed by atoms with E-state index in [9.17, 15) is 8.42 Å². The van der Waals surface area contributed by atoms with Crippen LogP contribution in [0.4, 0.5) is 0 Å². The van der Waals surface area contributed by atoms with Crippen LogP contribution in [0.15, 0.2) is 24.3 Å². The first kappa shape index (κ1) is 18.2. The maximum absolute atomic E-state index is 12.2. The first-order valence-corrected chi connectivity index (χ1v) is 11.0. The van der Waals surface area contributed by atoms with E-state index in [1.165, 1.54) is 25.7 Å². The molecule has 6 heteroatoms. The Kier molecular flexibility index (Phi) is 6.19. The molecular formula is C18H27ClN2O2S. The van der Waals surface area contributed by atoms with Crippen molar-refractivity contribution in [2.75, 3.05) is 19.6 Å². The lowest BCUT2D eigenvalue weighted by Crippen LogP contribution is -2.42. The topological polar surface area (TPSA) is 49.4 Å². The number of sulfonamides is 1. The summed E-state index contributed by atoms with van der Waals surface area (Å²) < 4.78 is 27.3. The lowest BCUT2D eigenvalue weighted by Gasteiger charge is -2.36. The van der Waals surface area contributed by atoms with Gasteiger partial charge in [0.2, 0.25) is 10.0 Å². The normalized spacial score (nSPS) is 21.4. The molecule has 1 aliphatic carbocycles. The Bertz CT molecular complexity index is 619. The molecule has 1 aromatic carbocycles. The molecule has 1 saturated carbocycles. The number of hydrogen-bond donors (Lipinski definition) is 1. The molecule has 0 atom stereocenters. The zero-order valence-corrected chi connectivity index (χ0v) is 15.7. The van der Waals surface area contributed by atoms with Gasteiger partial charge in [-0.15, -0.1) is 0 Å². The van der Waals surface area contributed by atoms with E-state index in [1.54, 1.807) is 24.3 Å². The van der Waals surface area contributed by atoms with E-state index in [4.69, 9.17) is 11.6 Å². The molecule has 1 saturated heterocycles. The largest absolute Gasteiger partial charge is 0.300 e. The van der Waals surface area contributed by atoms with Gasteiger partial charge < -0.3 is 4.90 Å². The number of hydrogen-bond acceptors (Lipinski definition) is 3.